The summed E-state index contributed by atoms with van der Waals surface area (Å²) in [6, 6.07) is 6.13. The Morgan fingerprint density at radius 1 is 1.14 bits per heavy atom. The SMILES string of the molecule is COc1ccc(S(=O)(=O)N(CCO)CCO[C@@H]2C[C@H](C3CCCC3)C=C(C(=O)NCC3CC3)O2)cc1. The van der Waals surface area contributed by atoms with Gasteiger partial charge >= 0.3 is 0 Å². The molecule has 0 saturated heterocycles. The topological polar surface area (TPSA) is 114 Å². The number of hydrogen-bond acceptors (Lipinski definition) is 7. The standard InChI is InChI=1S/C26H38N2O7S/c1-33-22-8-10-23(11-9-22)36(31,32)28(12-14-29)13-15-34-25-17-21(20-4-2-3-5-20)16-24(35-25)26(30)27-18-19-6-7-19/h8-11,16,19-21,25,29H,2-7,12-15,17-18H2,1H3,(H,27,30)/t21-,25+/m1/s1. The molecule has 0 bridgehead atoms. The van der Waals surface area contributed by atoms with Crippen LogP contribution < -0.4 is 10.1 Å². The minimum Gasteiger partial charge on any atom is -0.497 e. The van der Waals surface area contributed by atoms with Crippen molar-refractivity contribution in [2.24, 2.45) is 17.8 Å². The summed E-state index contributed by atoms with van der Waals surface area (Å²) in [6.45, 7) is 0.429. The summed E-state index contributed by atoms with van der Waals surface area (Å²) in [6.07, 6.45) is 8.94. The molecule has 2 aliphatic carbocycles. The monoisotopic (exact) mass is 522 g/mol. The predicted molar refractivity (Wildman–Crippen MR) is 134 cm³/mol. The molecule has 1 amide bonds. The van der Waals surface area contributed by atoms with Crippen molar-refractivity contribution < 1.29 is 32.5 Å². The second-order valence-electron chi connectivity index (χ2n) is 9.85. The number of benzene rings is 1. The van der Waals surface area contributed by atoms with Gasteiger partial charge in [0.05, 0.1) is 25.2 Å². The van der Waals surface area contributed by atoms with E-state index in [9.17, 15) is 18.3 Å². The first-order valence-corrected chi connectivity index (χ1v) is 14.4. The molecule has 0 unspecified atom stereocenters. The van der Waals surface area contributed by atoms with Crippen molar-refractivity contribution in [3.8, 4) is 5.75 Å². The highest BCUT2D eigenvalue weighted by Gasteiger charge is 2.34. The van der Waals surface area contributed by atoms with Crippen molar-refractivity contribution in [3.63, 3.8) is 0 Å². The van der Waals surface area contributed by atoms with E-state index in [1.165, 1.54) is 36.4 Å². The molecule has 2 atom stereocenters. The lowest BCUT2D eigenvalue weighted by Crippen LogP contribution is -2.39. The largest absolute Gasteiger partial charge is 0.497 e. The molecular formula is C26H38N2O7S. The number of amides is 1. The van der Waals surface area contributed by atoms with Crippen LogP contribution in [0.4, 0.5) is 0 Å². The Balaban J connectivity index is 1.37. The average molecular weight is 523 g/mol. The van der Waals surface area contributed by atoms with Gasteiger partial charge in [-0.2, -0.15) is 4.31 Å². The zero-order chi connectivity index (χ0) is 25.5. The van der Waals surface area contributed by atoms with Crippen LogP contribution in [0.15, 0.2) is 41.0 Å². The lowest BCUT2D eigenvalue weighted by atomic mass is 9.86. The molecule has 1 aromatic carbocycles. The third-order valence-corrected chi connectivity index (χ3v) is 9.17. The summed E-state index contributed by atoms with van der Waals surface area (Å²) in [5.74, 6) is 1.93. The number of ether oxygens (including phenoxy) is 3. The normalized spacial score (nSPS) is 22.8. The van der Waals surface area contributed by atoms with Crippen molar-refractivity contribution >= 4 is 15.9 Å². The fourth-order valence-corrected chi connectivity index (χ4v) is 6.37. The number of sulfonamides is 1. The fourth-order valence-electron chi connectivity index (χ4n) is 4.95. The molecule has 2 N–H and O–H groups in total. The number of carbonyl (C=O) groups is 1. The van der Waals surface area contributed by atoms with Crippen LogP contribution in [0.2, 0.25) is 0 Å². The predicted octanol–water partition coefficient (Wildman–Crippen LogP) is 2.66. The second-order valence-corrected chi connectivity index (χ2v) is 11.8. The van der Waals surface area contributed by atoms with Crippen LogP contribution in [0.5, 0.6) is 5.75 Å². The molecule has 2 saturated carbocycles. The molecule has 200 valence electrons. The Morgan fingerprint density at radius 2 is 1.86 bits per heavy atom. The minimum atomic E-state index is -3.83. The van der Waals surface area contributed by atoms with Crippen LogP contribution in [0.1, 0.15) is 44.9 Å². The number of methoxy groups -OCH3 is 1. The number of aliphatic hydroxyl groups excluding tert-OH is 1. The van der Waals surface area contributed by atoms with E-state index in [2.05, 4.69) is 5.32 Å². The van der Waals surface area contributed by atoms with E-state index in [-0.39, 0.29) is 43.0 Å². The van der Waals surface area contributed by atoms with Crippen LogP contribution in [0.25, 0.3) is 0 Å². The Bertz CT molecular complexity index is 1000. The summed E-state index contributed by atoms with van der Waals surface area (Å²) < 4.78 is 44.5. The summed E-state index contributed by atoms with van der Waals surface area (Å²) in [7, 11) is -2.31. The molecule has 2 fully saturated rings. The van der Waals surface area contributed by atoms with Gasteiger partial charge in [0.25, 0.3) is 5.91 Å². The maximum Gasteiger partial charge on any atom is 0.286 e. The highest BCUT2D eigenvalue weighted by atomic mass is 32.2. The minimum absolute atomic E-state index is 0.0514. The number of allylic oxidation sites excluding steroid dienone is 1. The quantitative estimate of drug-likeness (QED) is 0.409. The summed E-state index contributed by atoms with van der Waals surface area (Å²) in [4.78, 5) is 12.9. The van der Waals surface area contributed by atoms with E-state index in [1.807, 2.05) is 6.08 Å². The number of carbonyl (C=O) groups excluding carboxylic acids is 1. The Hall–Kier alpha value is -2.14. The van der Waals surface area contributed by atoms with Crippen molar-refractivity contribution in [1.82, 2.24) is 9.62 Å². The molecule has 1 aliphatic heterocycles. The molecule has 0 spiro atoms. The van der Waals surface area contributed by atoms with Crippen LogP contribution in [-0.4, -0.2) is 70.0 Å². The first-order valence-electron chi connectivity index (χ1n) is 12.9. The van der Waals surface area contributed by atoms with Gasteiger partial charge in [0, 0.05) is 26.1 Å². The van der Waals surface area contributed by atoms with Crippen LogP contribution in [-0.2, 0) is 24.3 Å². The molecule has 4 rings (SSSR count). The fraction of sp³-hybridized carbons (Fsp3) is 0.654. The first-order chi connectivity index (χ1) is 17.4. The summed E-state index contributed by atoms with van der Waals surface area (Å²) >= 11 is 0. The Labute approximate surface area is 213 Å². The number of nitrogens with one attached hydrogen (secondary N) is 1. The molecule has 0 aromatic heterocycles. The number of aliphatic hydroxyl groups is 1. The zero-order valence-corrected chi connectivity index (χ0v) is 21.8. The van der Waals surface area contributed by atoms with E-state index in [0.717, 1.165) is 25.7 Å². The summed E-state index contributed by atoms with van der Waals surface area (Å²) in [5.41, 5.74) is 0. The van der Waals surface area contributed by atoms with Gasteiger partial charge in [0.1, 0.15) is 5.75 Å². The van der Waals surface area contributed by atoms with Gasteiger partial charge in [-0.05, 0) is 73.8 Å². The van der Waals surface area contributed by atoms with Crippen molar-refractivity contribution in [2.75, 3.05) is 40.0 Å². The second kappa shape index (κ2) is 12.4. The third-order valence-electron chi connectivity index (χ3n) is 7.26. The van der Waals surface area contributed by atoms with E-state index in [1.54, 1.807) is 12.1 Å². The van der Waals surface area contributed by atoms with Crippen molar-refractivity contribution in [3.05, 3.63) is 36.1 Å². The number of nitrogens with zero attached hydrogens (tertiary/aromatic N) is 1. The number of hydrogen-bond donors (Lipinski definition) is 2. The summed E-state index contributed by atoms with van der Waals surface area (Å²) in [5, 5.41) is 12.5. The third kappa shape index (κ3) is 7.00. The van der Waals surface area contributed by atoms with Gasteiger partial charge in [0.15, 0.2) is 5.76 Å². The molecule has 10 heteroatoms. The molecular weight excluding hydrogens is 484 g/mol. The zero-order valence-electron chi connectivity index (χ0n) is 20.9. The highest BCUT2D eigenvalue weighted by Crippen LogP contribution is 2.38. The van der Waals surface area contributed by atoms with Gasteiger partial charge in [-0.25, -0.2) is 8.42 Å². The van der Waals surface area contributed by atoms with E-state index < -0.39 is 16.3 Å². The van der Waals surface area contributed by atoms with Crippen LogP contribution in [0, 0.1) is 17.8 Å². The van der Waals surface area contributed by atoms with Gasteiger partial charge in [0.2, 0.25) is 16.3 Å². The maximum absolute atomic E-state index is 13.1. The van der Waals surface area contributed by atoms with Crippen LogP contribution in [0.3, 0.4) is 0 Å². The average Bonchev–Trinajstić information content (AvgIpc) is 3.56. The van der Waals surface area contributed by atoms with Crippen molar-refractivity contribution in [1.29, 1.82) is 0 Å². The van der Waals surface area contributed by atoms with E-state index >= 15 is 0 Å². The molecule has 0 radical (unpaired) electrons. The lowest BCUT2D eigenvalue weighted by Gasteiger charge is -2.32. The van der Waals surface area contributed by atoms with Gasteiger partial charge in [-0.1, -0.05) is 12.8 Å². The molecule has 3 aliphatic rings. The van der Waals surface area contributed by atoms with Crippen LogP contribution >= 0.6 is 0 Å². The Kier molecular flexibility index (Phi) is 9.27. The molecule has 1 heterocycles. The van der Waals surface area contributed by atoms with Gasteiger partial charge in [-0.15, -0.1) is 0 Å². The molecule has 36 heavy (non-hydrogen) atoms. The van der Waals surface area contributed by atoms with E-state index in [4.69, 9.17) is 14.2 Å². The Morgan fingerprint density at radius 3 is 2.50 bits per heavy atom. The molecule has 9 nitrogen and oxygen atoms in total. The van der Waals surface area contributed by atoms with Gasteiger partial charge in [-0.3, -0.25) is 4.79 Å². The first kappa shape index (κ1) is 26.9. The number of rotatable bonds is 13. The van der Waals surface area contributed by atoms with E-state index in [0.29, 0.717) is 36.3 Å². The lowest BCUT2D eigenvalue weighted by molar-refractivity contribution is -0.151. The van der Waals surface area contributed by atoms with Crippen molar-refractivity contribution in [2.45, 2.75) is 56.1 Å². The highest BCUT2D eigenvalue weighted by molar-refractivity contribution is 7.89. The molecule has 1 aromatic rings. The van der Waals surface area contributed by atoms with Gasteiger partial charge < -0.3 is 24.6 Å². The maximum atomic E-state index is 13.1. The smallest absolute Gasteiger partial charge is 0.286 e.